The summed E-state index contributed by atoms with van der Waals surface area (Å²) in [5.74, 6) is -2.48. The van der Waals surface area contributed by atoms with Crippen molar-refractivity contribution in [1.29, 1.82) is 0 Å². The van der Waals surface area contributed by atoms with Gasteiger partial charge in [0.05, 0.1) is 17.3 Å². The van der Waals surface area contributed by atoms with E-state index in [9.17, 15) is 27.9 Å². The molecule has 2 atom stereocenters. The second-order valence-corrected chi connectivity index (χ2v) is 12.2. The number of nitrogens with two attached hydrogens (primary N) is 1. The Morgan fingerprint density at radius 1 is 1.22 bits per heavy atom. The van der Waals surface area contributed by atoms with E-state index < -0.39 is 47.5 Å². The normalized spacial score (nSPS) is 19.3. The minimum atomic E-state index is -3.19. The zero-order chi connectivity index (χ0) is 33.2. The number of hydrogen-bond acceptors (Lipinski definition) is 7. The highest BCUT2D eigenvalue weighted by atomic mass is 35.5. The molecule has 0 spiro atoms. The van der Waals surface area contributed by atoms with E-state index in [0.29, 0.717) is 10.9 Å². The summed E-state index contributed by atoms with van der Waals surface area (Å²) in [5.41, 5.74) is 0.404. The van der Waals surface area contributed by atoms with E-state index in [1.54, 1.807) is 13.0 Å². The second-order valence-electron chi connectivity index (χ2n) is 11.8. The molecule has 9 nitrogen and oxygen atoms in total. The first-order valence-corrected chi connectivity index (χ1v) is 14.5. The first kappa shape index (κ1) is 31.5. The Morgan fingerprint density at radius 2 is 1.96 bits per heavy atom. The quantitative estimate of drug-likeness (QED) is 0.209. The number of rotatable bonds is 9. The van der Waals surface area contributed by atoms with Crippen LogP contribution >= 0.6 is 11.6 Å². The third kappa shape index (κ3) is 5.26. The molecule has 14 heteroatoms. The van der Waals surface area contributed by atoms with Crippen LogP contribution in [0.5, 0.6) is 11.5 Å². The number of nitrogens with one attached hydrogen (secondary N) is 1. The summed E-state index contributed by atoms with van der Waals surface area (Å²) in [7, 11) is 0. The van der Waals surface area contributed by atoms with Gasteiger partial charge in [0, 0.05) is 28.3 Å². The first-order valence-electron chi connectivity index (χ1n) is 14.1. The van der Waals surface area contributed by atoms with E-state index in [1.807, 2.05) is 0 Å². The Balaban J connectivity index is 1.43. The molecule has 4 aromatic rings. The highest BCUT2D eigenvalue weighted by Gasteiger charge is 2.62. The van der Waals surface area contributed by atoms with Gasteiger partial charge in [-0.15, -0.1) is 0 Å². The topological polar surface area (TPSA) is 137 Å². The Labute approximate surface area is 264 Å². The summed E-state index contributed by atoms with van der Waals surface area (Å²) >= 11 is 6.35. The summed E-state index contributed by atoms with van der Waals surface area (Å²) in [6, 6.07) is 8.90. The van der Waals surface area contributed by atoms with Gasteiger partial charge in [-0.1, -0.05) is 11.6 Å². The van der Waals surface area contributed by atoms with Crippen LogP contribution in [0.3, 0.4) is 0 Å². The number of carbonyl (C=O) groups is 2. The van der Waals surface area contributed by atoms with E-state index in [0.717, 1.165) is 18.2 Å². The molecule has 0 saturated heterocycles. The lowest BCUT2D eigenvalue weighted by Gasteiger charge is -2.33. The molecular formula is C32H27ClF4N4O5. The van der Waals surface area contributed by atoms with E-state index in [2.05, 4.69) is 20.0 Å². The van der Waals surface area contributed by atoms with Gasteiger partial charge in [0.2, 0.25) is 5.91 Å². The zero-order valence-electron chi connectivity index (χ0n) is 24.5. The predicted octanol–water partition coefficient (Wildman–Crippen LogP) is 5.25. The molecule has 1 fully saturated rings. The van der Waals surface area contributed by atoms with Crippen molar-refractivity contribution in [3.05, 3.63) is 81.9 Å². The Hall–Kier alpha value is -4.49. The first-order chi connectivity index (χ1) is 21.6. The van der Waals surface area contributed by atoms with Crippen molar-refractivity contribution in [3.63, 3.8) is 0 Å². The third-order valence-electron chi connectivity index (χ3n) is 8.52. The van der Waals surface area contributed by atoms with Crippen molar-refractivity contribution < 1.29 is 41.7 Å². The van der Waals surface area contributed by atoms with Gasteiger partial charge in [0.15, 0.2) is 11.4 Å². The number of carbonyl (C=O) groups excluding carboxylic acids is 2. The molecule has 3 heterocycles. The molecule has 0 radical (unpaired) electrons. The van der Waals surface area contributed by atoms with Crippen LogP contribution in [0.2, 0.25) is 5.02 Å². The molecule has 1 saturated carbocycles. The number of hydrogen-bond donors (Lipinski definition) is 3. The molecule has 6 rings (SSSR count). The fourth-order valence-electron chi connectivity index (χ4n) is 5.62. The van der Waals surface area contributed by atoms with Crippen LogP contribution in [0.15, 0.2) is 48.7 Å². The number of benzene rings is 2. The number of alkyl halides is 3. The number of amides is 2. The van der Waals surface area contributed by atoms with Crippen LogP contribution < -0.4 is 20.5 Å². The lowest BCUT2D eigenvalue weighted by Crippen LogP contribution is -2.49. The number of pyridine rings is 2. The van der Waals surface area contributed by atoms with Gasteiger partial charge in [-0.3, -0.25) is 14.6 Å². The molecule has 240 valence electrons. The maximum absolute atomic E-state index is 16.2. The molecular weight excluding hydrogens is 632 g/mol. The molecule has 4 N–H and O–H groups in total. The SMILES string of the molecule is Cc1cnc2c(OC(F)F)cc(C(=O)NCC(O)(c3cc4c(c(-c5ccc(F)cc5Cl)n3)OC[C@]4(C)C(N)=O)C3(F)CC3)cc2c1. The number of aromatic nitrogens is 2. The highest BCUT2D eigenvalue weighted by Crippen LogP contribution is 2.55. The summed E-state index contributed by atoms with van der Waals surface area (Å²) < 4.78 is 66.9. The highest BCUT2D eigenvalue weighted by molar-refractivity contribution is 6.33. The third-order valence-corrected chi connectivity index (χ3v) is 8.84. The zero-order valence-corrected chi connectivity index (χ0v) is 25.2. The fraction of sp³-hybridized carbons (Fsp3) is 0.312. The summed E-state index contributed by atoms with van der Waals surface area (Å²) in [6.07, 6.45) is 1.30. The minimum Gasteiger partial charge on any atom is -0.489 e. The molecule has 2 aromatic carbocycles. The van der Waals surface area contributed by atoms with E-state index in [1.165, 1.54) is 31.3 Å². The van der Waals surface area contributed by atoms with Crippen LogP contribution in [0.25, 0.3) is 22.2 Å². The van der Waals surface area contributed by atoms with Crippen molar-refractivity contribution in [2.75, 3.05) is 13.2 Å². The van der Waals surface area contributed by atoms with Gasteiger partial charge < -0.3 is 25.6 Å². The van der Waals surface area contributed by atoms with E-state index >= 15 is 4.39 Å². The summed E-state index contributed by atoms with van der Waals surface area (Å²) in [6.45, 7) is -0.855. The van der Waals surface area contributed by atoms with E-state index in [-0.39, 0.29) is 69.6 Å². The average molecular weight is 659 g/mol. The molecule has 1 unspecified atom stereocenters. The van der Waals surface area contributed by atoms with Crippen LogP contribution in [0, 0.1) is 12.7 Å². The number of ether oxygens (including phenoxy) is 2. The van der Waals surface area contributed by atoms with E-state index in [4.69, 9.17) is 22.1 Å². The molecule has 46 heavy (non-hydrogen) atoms. The van der Waals surface area contributed by atoms with Crippen molar-refractivity contribution in [1.82, 2.24) is 15.3 Å². The van der Waals surface area contributed by atoms with Crippen molar-refractivity contribution >= 4 is 34.3 Å². The smallest absolute Gasteiger partial charge is 0.387 e. The minimum absolute atomic E-state index is 0.00247. The van der Waals surface area contributed by atoms with Gasteiger partial charge >= 0.3 is 6.61 Å². The monoisotopic (exact) mass is 658 g/mol. The van der Waals surface area contributed by atoms with Crippen molar-refractivity contribution in [2.45, 2.75) is 50.0 Å². The van der Waals surface area contributed by atoms with Crippen molar-refractivity contribution in [3.8, 4) is 22.8 Å². The van der Waals surface area contributed by atoms with Crippen molar-refractivity contribution in [2.24, 2.45) is 5.73 Å². The standard InChI is InChI=1S/C32H27ClF4N4O5/c1-15-7-16-8-17(9-22(46-29(35)36)24(16)39-12-15)27(42)40-13-32(44,31(37)5-6-31)23-11-20-26(45-14-30(20,2)28(38)43)25(41-23)19-4-3-18(34)10-21(19)33/h3-4,7-12,29,44H,5-6,13-14H2,1-2H3,(H2,38,43)(H,40,42)/t30-,32?/m0/s1. The Bertz CT molecular complexity index is 1920. The van der Waals surface area contributed by atoms with Gasteiger partial charge in [-0.05, 0) is 74.7 Å². The molecule has 2 amide bonds. The van der Waals surface area contributed by atoms with Gasteiger partial charge in [-0.2, -0.15) is 8.78 Å². The maximum atomic E-state index is 16.2. The molecule has 2 aliphatic rings. The summed E-state index contributed by atoms with van der Waals surface area (Å²) in [4.78, 5) is 34.7. The number of aliphatic hydroxyl groups is 1. The largest absolute Gasteiger partial charge is 0.489 e. The molecule has 1 aliphatic heterocycles. The predicted molar refractivity (Wildman–Crippen MR) is 159 cm³/mol. The van der Waals surface area contributed by atoms with Gasteiger partial charge in [0.25, 0.3) is 5.91 Å². The molecule has 1 aliphatic carbocycles. The lowest BCUT2D eigenvalue weighted by molar-refractivity contribution is -0.123. The number of fused-ring (bicyclic) bond motifs is 2. The second kappa shape index (κ2) is 11.1. The fourth-order valence-corrected chi connectivity index (χ4v) is 5.88. The van der Waals surface area contributed by atoms with Crippen LogP contribution in [0.4, 0.5) is 17.6 Å². The lowest BCUT2D eigenvalue weighted by atomic mass is 9.80. The van der Waals surface area contributed by atoms with Gasteiger partial charge in [-0.25, -0.2) is 13.8 Å². The Morgan fingerprint density at radius 3 is 2.61 bits per heavy atom. The maximum Gasteiger partial charge on any atom is 0.387 e. The Kier molecular flexibility index (Phi) is 7.59. The summed E-state index contributed by atoms with van der Waals surface area (Å²) in [5, 5.41) is 14.8. The number of aryl methyl sites for hydroxylation is 1. The number of halogens is 5. The van der Waals surface area contributed by atoms with Crippen LogP contribution in [0.1, 0.15) is 46.9 Å². The number of primary amides is 1. The number of nitrogens with zero attached hydrogens (tertiary/aromatic N) is 2. The molecule has 0 bridgehead atoms. The molecule has 2 aromatic heterocycles. The van der Waals surface area contributed by atoms with Gasteiger partial charge in [0.1, 0.15) is 40.5 Å². The average Bonchev–Trinajstić information content (AvgIpc) is 3.66. The van der Waals surface area contributed by atoms with Crippen LogP contribution in [-0.2, 0) is 15.8 Å². The van der Waals surface area contributed by atoms with Crippen LogP contribution in [-0.4, -0.2) is 52.3 Å².